The molecule has 0 bridgehead atoms. The number of fused-ring (bicyclic) bond motifs is 5. The normalized spacial score (nSPS) is 58.5. The molecule has 4 saturated carbocycles. The van der Waals surface area contributed by atoms with E-state index in [0.29, 0.717) is 24.2 Å². The summed E-state index contributed by atoms with van der Waals surface area (Å²) in [6.45, 7) is 8.20. The summed E-state index contributed by atoms with van der Waals surface area (Å²) in [6, 6.07) is 0. The predicted molar refractivity (Wildman–Crippen MR) is 128 cm³/mol. The molecule has 6 N–H and O–H groups in total. The fourth-order valence-electron chi connectivity index (χ4n) is 9.54. The highest BCUT2D eigenvalue weighted by atomic mass is 16.7. The molecule has 0 amide bonds. The summed E-state index contributed by atoms with van der Waals surface area (Å²) < 4.78 is 12.2. The van der Waals surface area contributed by atoms with E-state index in [0.717, 1.165) is 51.4 Å². The highest BCUT2D eigenvalue weighted by Gasteiger charge is 2.69. The molecular weight excluding hydrogens is 434 g/mol. The van der Waals surface area contributed by atoms with Gasteiger partial charge in [-0.2, -0.15) is 0 Å². The number of aliphatic hydroxyl groups is 4. The van der Waals surface area contributed by atoms with Crippen molar-refractivity contribution in [1.82, 2.24) is 0 Å². The summed E-state index contributed by atoms with van der Waals surface area (Å²) in [5.41, 5.74) is 6.54. The van der Waals surface area contributed by atoms with E-state index >= 15 is 0 Å². The Bertz CT molecular complexity index is 753. The number of hydrogen-bond acceptors (Lipinski definition) is 7. The van der Waals surface area contributed by atoms with Crippen LogP contribution in [0.2, 0.25) is 0 Å². The van der Waals surface area contributed by atoms with E-state index in [9.17, 15) is 20.4 Å². The topological polar surface area (TPSA) is 125 Å². The zero-order valence-corrected chi connectivity index (χ0v) is 21.4. The van der Waals surface area contributed by atoms with Crippen molar-refractivity contribution in [3.05, 3.63) is 0 Å². The first-order valence-corrected chi connectivity index (χ1v) is 13.7. The molecule has 0 aromatic rings. The molecule has 1 aliphatic heterocycles. The van der Waals surface area contributed by atoms with E-state index in [-0.39, 0.29) is 17.4 Å². The molecule has 0 radical (unpaired) electrons. The van der Waals surface area contributed by atoms with Gasteiger partial charge in [-0.05, 0) is 94.3 Å². The molecule has 4 aliphatic carbocycles. The van der Waals surface area contributed by atoms with Gasteiger partial charge in [-0.1, -0.05) is 13.8 Å². The monoisotopic (exact) mass is 481 g/mol. The van der Waals surface area contributed by atoms with Crippen molar-refractivity contribution in [3.8, 4) is 0 Å². The lowest BCUT2D eigenvalue weighted by molar-refractivity contribution is -0.269. The smallest absolute Gasteiger partial charge is 0.161 e. The quantitative estimate of drug-likeness (QED) is 0.392. The maximum atomic E-state index is 11.5. The van der Waals surface area contributed by atoms with Crippen molar-refractivity contribution < 1.29 is 29.9 Å². The third-order valence-corrected chi connectivity index (χ3v) is 11.7. The number of rotatable bonds is 3. The van der Waals surface area contributed by atoms with E-state index in [4.69, 9.17) is 15.2 Å². The predicted octanol–water partition coefficient (Wildman–Crippen LogP) is 2.32. The lowest BCUT2D eigenvalue weighted by atomic mass is 9.42. The van der Waals surface area contributed by atoms with Crippen LogP contribution >= 0.6 is 0 Å². The molecule has 0 spiro atoms. The first-order chi connectivity index (χ1) is 15.9. The highest BCUT2D eigenvalue weighted by molar-refractivity contribution is 5.22. The zero-order valence-electron chi connectivity index (χ0n) is 21.4. The summed E-state index contributed by atoms with van der Waals surface area (Å²) in [6.07, 6.45) is 4.55. The standard InChI is InChI=1S/C27H47NO6/c1-14(29)18-8-10-27(28)19-6-5-16-11-17(34-23-13-21(30)24(32)15(2)33-23)7-9-25(16,3)20(19)12-22(31)26(18,27)4/h14-24,29-32H,5-13,28H2,1-4H3/t14-,15+,16-,17+,18+,19?,20?,21-,22-,23-,24+,25-,26-,27+/m0/s1. The van der Waals surface area contributed by atoms with Gasteiger partial charge in [-0.25, -0.2) is 0 Å². The van der Waals surface area contributed by atoms with Gasteiger partial charge in [-0.15, -0.1) is 0 Å². The SMILES string of the molecule is C[C@H](O)[C@H]1CC[C@@]2(N)C3CC[C@H]4C[C@H](O[C@H]5C[C@H](O)[C@H](O)[C@@H](C)O5)CC[C@]4(C)C3C[C@H](O)[C@]12C. The average Bonchev–Trinajstić information content (AvgIpc) is 3.06. The Morgan fingerprint density at radius 3 is 2.38 bits per heavy atom. The maximum absolute atomic E-state index is 11.5. The molecule has 14 atom stereocenters. The van der Waals surface area contributed by atoms with E-state index < -0.39 is 47.8 Å². The van der Waals surface area contributed by atoms with Gasteiger partial charge in [0.1, 0.15) is 6.10 Å². The average molecular weight is 482 g/mol. The van der Waals surface area contributed by atoms with Crippen molar-refractivity contribution in [3.63, 3.8) is 0 Å². The van der Waals surface area contributed by atoms with Gasteiger partial charge in [0.2, 0.25) is 0 Å². The molecule has 34 heavy (non-hydrogen) atoms. The number of hydrogen-bond donors (Lipinski definition) is 5. The molecule has 0 aromatic carbocycles. The van der Waals surface area contributed by atoms with Crippen LogP contribution in [0.15, 0.2) is 0 Å². The molecule has 7 heteroatoms. The van der Waals surface area contributed by atoms with Gasteiger partial charge >= 0.3 is 0 Å². The van der Waals surface area contributed by atoms with Gasteiger partial charge in [0.15, 0.2) is 6.29 Å². The molecule has 0 aromatic heterocycles. The summed E-state index contributed by atoms with van der Waals surface area (Å²) in [7, 11) is 0. The molecule has 2 unspecified atom stereocenters. The van der Waals surface area contributed by atoms with Gasteiger partial charge in [-0.3, -0.25) is 0 Å². The van der Waals surface area contributed by atoms with Crippen LogP contribution < -0.4 is 5.73 Å². The second-order valence-corrected chi connectivity index (χ2v) is 13.1. The highest BCUT2D eigenvalue weighted by Crippen LogP contribution is 2.68. The Morgan fingerprint density at radius 1 is 0.971 bits per heavy atom. The van der Waals surface area contributed by atoms with Crippen LogP contribution in [0.25, 0.3) is 0 Å². The largest absolute Gasteiger partial charge is 0.393 e. The van der Waals surface area contributed by atoms with E-state index in [1.807, 2.05) is 6.92 Å². The minimum Gasteiger partial charge on any atom is -0.393 e. The lowest BCUT2D eigenvalue weighted by Crippen LogP contribution is -2.71. The molecular formula is C27H47NO6. The molecule has 5 fully saturated rings. The third-order valence-electron chi connectivity index (χ3n) is 11.7. The number of nitrogens with two attached hydrogens (primary N) is 1. The van der Waals surface area contributed by atoms with Crippen LogP contribution in [0, 0.1) is 34.5 Å². The lowest BCUT2D eigenvalue weighted by Gasteiger charge is -2.65. The molecule has 1 saturated heterocycles. The van der Waals surface area contributed by atoms with Crippen LogP contribution in [0.1, 0.15) is 85.5 Å². The van der Waals surface area contributed by atoms with Crippen molar-refractivity contribution in [2.45, 2.75) is 134 Å². The van der Waals surface area contributed by atoms with Gasteiger partial charge in [0, 0.05) is 17.4 Å². The molecule has 5 aliphatic rings. The summed E-state index contributed by atoms with van der Waals surface area (Å²) in [5.74, 6) is 1.33. The first-order valence-electron chi connectivity index (χ1n) is 13.7. The fraction of sp³-hybridized carbons (Fsp3) is 1.00. The summed E-state index contributed by atoms with van der Waals surface area (Å²) >= 11 is 0. The van der Waals surface area contributed by atoms with Crippen molar-refractivity contribution in [1.29, 1.82) is 0 Å². The van der Waals surface area contributed by atoms with Crippen LogP contribution in [-0.2, 0) is 9.47 Å². The molecule has 1 heterocycles. The van der Waals surface area contributed by atoms with Crippen molar-refractivity contribution in [2.75, 3.05) is 0 Å². The van der Waals surface area contributed by atoms with Crippen LogP contribution in [0.3, 0.4) is 0 Å². The molecule has 196 valence electrons. The van der Waals surface area contributed by atoms with Crippen LogP contribution in [0.4, 0.5) is 0 Å². The van der Waals surface area contributed by atoms with Crippen molar-refractivity contribution >= 4 is 0 Å². The fourth-order valence-corrected chi connectivity index (χ4v) is 9.54. The third kappa shape index (κ3) is 3.56. The number of aliphatic hydroxyl groups excluding tert-OH is 4. The van der Waals surface area contributed by atoms with Crippen molar-refractivity contribution in [2.24, 2.45) is 40.2 Å². The molecule has 7 nitrogen and oxygen atoms in total. The Labute approximate surface area is 204 Å². The summed E-state index contributed by atoms with van der Waals surface area (Å²) in [4.78, 5) is 0. The summed E-state index contributed by atoms with van der Waals surface area (Å²) in [5, 5.41) is 42.2. The zero-order chi connectivity index (χ0) is 24.6. The van der Waals surface area contributed by atoms with Gasteiger partial charge < -0.3 is 35.6 Å². The second-order valence-electron chi connectivity index (χ2n) is 13.1. The molecule has 5 rings (SSSR count). The second kappa shape index (κ2) is 8.64. The Hall–Kier alpha value is -0.280. The maximum Gasteiger partial charge on any atom is 0.161 e. The minimum atomic E-state index is -0.860. The van der Waals surface area contributed by atoms with Crippen LogP contribution in [-0.4, -0.2) is 68.9 Å². The van der Waals surface area contributed by atoms with Gasteiger partial charge in [0.25, 0.3) is 0 Å². The Balaban J connectivity index is 1.31. The Morgan fingerprint density at radius 2 is 1.71 bits per heavy atom. The number of ether oxygens (including phenoxy) is 2. The minimum absolute atomic E-state index is 0.0508. The van der Waals surface area contributed by atoms with E-state index in [2.05, 4.69) is 13.8 Å². The van der Waals surface area contributed by atoms with Crippen LogP contribution in [0.5, 0.6) is 0 Å². The van der Waals surface area contributed by atoms with E-state index in [1.165, 1.54) is 0 Å². The van der Waals surface area contributed by atoms with E-state index in [1.54, 1.807) is 6.92 Å². The van der Waals surface area contributed by atoms with Gasteiger partial charge in [0.05, 0.1) is 30.5 Å². The first kappa shape index (κ1) is 25.4. The Kier molecular flexibility index (Phi) is 6.45.